The normalized spacial score (nSPS) is 16.1. The molecule has 0 aliphatic carbocycles. The van der Waals surface area contributed by atoms with Crippen LogP contribution in [0.25, 0.3) is 0 Å². The number of thioether (sulfide) groups is 1. The quantitative estimate of drug-likeness (QED) is 0.388. The number of hydrogen-bond donors (Lipinski definition) is 1. The second-order valence-electron chi connectivity index (χ2n) is 7.04. The van der Waals surface area contributed by atoms with Crippen LogP contribution in [0.4, 0.5) is 0 Å². The lowest BCUT2D eigenvalue weighted by Gasteiger charge is -2.24. The van der Waals surface area contributed by atoms with Crippen LogP contribution in [-0.4, -0.2) is 28.7 Å². The van der Waals surface area contributed by atoms with E-state index < -0.39 is 0 Å². The molecule has 2 amide bonds. The summed E-state index contributed by atoms with van der Waals surface area (Å²) < 4.78 is 0.984. The van der Waals surface area contributed by atoms with Gasteiger partial charge in [-0.05, 0) is 41.0 Å². The maximum Gasteiger partial charge on any atom is 0.271 e. The molecule has 4 rings (SSSR count). The van der Waals surface area contributed by atoms with E-state index in [9.17, 15) is 9.59 Å². The van der Waals surface area contributed by atoms with Gasteiger partial charge in [-0.15, -0.1) is 11.8 Å². The number of halogens is 1. The Bertz CT molecular complexity index is 1090. The molecule has 1 aliphatic heterocycles. The molecule has 1 heterocycles. The van der Waals surface area contributed by atoms with Gasteiger partial charge in [-0.25, -0.2) is 5.43 Å². The van der Waals surface area contributed by atoms with Crippen LogP contribution in [0.5, 0.6) is 0 Å². The molecule has 1 aliphatic rings. The van der Waals surface area contributed by atoms with Crippen molar-refractivity contribution in [1.29, 1.82) is 0 Å². The van der Waals surface area contributed by atoms with Crippen molar-refractivity contribution in [1.82, 2.24) is 10.3 Å². The number of carbonyl (C=O) groups excluding carboxylic acids is 2. The van der Waals surface area contributed by atoms with Gasteiger partial charge in [0, 0.05) is 16.6 Å². The minimum absolute atomic E-state index is 0.0553. The number of nitrogens with zero attached hydrogens (tertiary/aromatic N) is 2. The lowest BCUT2D eigenvalue weighted by molar-refractivity contribution is -0.128. The Morgan fingerprint density at radius 1 is 1.06 bits per heavy atom. The van der Waals surface area contributed by atoms with Crippen LogP contribution in [0.3, 0.4) is 0 Å². The van der Waals surface area contributed by atoms with E-state index in [-0.39, 0.29) is 17.2 Å². The third-order valence-corrected chi connectivity index (χ3v) is 6.66. The third-order valence-electron chi connectivity index (χ3n) is 4.87. The summed E-state index contributed by atoms with van der Waals surface area (Å²) in [5.41, 5.74) is 6.05. The van der Waals surface area contributed by atoms with E-state index in [0.29, 0.717) is 17.9 Å². The van der Waals surface area contributed by atoms with Crippen LogP contribution in [0.1, 0.15) is 32.4 Å². The number of nitrogens with one attached hydrogen (secondary N) is 1. The molecule has 0 aromatic heterocycles. The molecule has 0 spiro atoms. The average Bonchev–Trinajstić information content (AvgIpc) is 3.16. The Hall–Kier alpha value is -2.90. The molecule has 0 radical (unpaired) electrons. The van der Waals surface area contributed by atoms with Crippen LogP contribution in [0, 0.1) is 0 Å². The first kappa shape index (κ1) is 21.3. The van der Waals surface area contributed by atoms with Gasteiger partial charge in [0.1, 0.15) is 5.37 Å². The molecule has 1 saturated heterocycles. The first-order valence-electron chi connectivity index (χ1n) is 9.74. The SMILES string of the molecule is O=C(N/N=C\c1ccc(Br)cc1)c1ccc([C@@H]2SCC(=O)N2Cc2ccccc2)cc1. The van der Waals surface area contributed by atoms with Crippen LogP contribution >= 0.6 is 27.7 Å². The zero-order valence-corrected chi connectivity index (χ0v) is 19.0. The van der Waals surface area contributed by atoms with Gasteiger partial charge in [-0.2, -0.15) is 5.10 Å². The van der Waals surface area contributed by atoms with Crippen molar-refractivity contribution in [3.05, 3.63) is 106 Å². The molecule has 0 saturated carbocycles. The predicted octanol–water partition coefficient (Wildman–Crippen LogP) is 4.99. The molecule has 1 atom stereocenters. The van der Waals surface area contributed by atoms with Crippen LogP contribution in [0.2, 0.25) is 0 Å². The Morgan fingerprint density at radius 2 is 1.77 bits per heavy atom. The molecule has 31 heavy (non-hydrogen) atoms. The Labute approximate surface area is 193 Å². The van der Waals surface area contributed by atoms with E-state index in [2.05, 4.69) is 26.5 Å². The zero-order valence-electron chi connectivity index (χ0n) is 16.6. The Kier molecular flexibility index (Phi) is 6.84. The van der Waals surface area contributed by atoms with Gasteiger partial charge >= 0.3 is 0 Å². The molecule has 0 unspecified atom stereocenters. The predicted molar refractivity (Wildman–Crippen MR) is 128 cm³/mol. The standard InChI is InChI=1S/C24H20BrN3O2S/c25-21-12-6-17(7-13-21)14-26-27-23(30)19-8-10-20(11-9-19)24-28(22(29)16-31-24)15-18-4-2-1-3-5-18/h1-14,24H,15-16H2,(H,27,30)/b26-14-/t24-/m0/s1. The van der Waals surface area contributed by atoms with Crippen LogP contribution in [0.15, 0.2) is 88.4 Å². The van der Waals surface area contributed by atoms with E-state index in [1.54, 1.807) is 30.1 Å². The topological polar surface area (TPSA) is 61.8 Å². The van der Waals surface area contributed by atoms with Crippen LogP contribution < -0.4 is 5.43 Å². The largest absolute Gasteiger partial charge is 0.322 e. The summed E-state index contributed by atoms with van der Waals surface area (Å²) in [5, 5.41) is 3.96. The monoisotopic (exact) mass is 493 g/mol. The first-order chi connectivity index (χ1) is 15.1. The Balaban J connectivity index is 1.40. The van der Waals surface area contributed by atoms with E-state index in [1.807, 2.05) is 71.6 Å². The second kappa shape index (κ2) is 9.94. The average molecular weight is 494 g/mol. The van der Waals surface area contributed by atoms with E-state index in [0.717, 1.165) is 21.2 Å². The van der Waals surface area contributed by atoms with Crippen molar-refractivity contribution in [2.75, 3.05) is 5.75 Å². The molecule has 1 N–H and O–H groups in total. The summed E-state index contributed by atoms with van der Waals surface area (Å²) in [6, 6.07) is 24.9. The van der Waals surface area contributed by atoms with Gasteiger partial charge in [0.05, 0.1) is 12.0 Å². The van der Waals surface area contributed by atoms with Gasteiger partial charge in [0.25, 0.3) is 5.91 Å². The molecule has 3 aromatic carbocycles. The second-order valence-corrected chi connectivity index (χ2v) is 9.03. The van der Waals surface area contributed by atoms with E-state index in [4.69, 9.17) is 0 Å². The fourth-order valence-electron chi connectivity index (χ4n) is 3.26. The maximum absolute atomic E-state index is 12.4. The lowest BCUT2D eigenvalue weighted by atomic mass is 10.1. The molecule has 0 bridgehead atoms. The first-order valence-corrected chi connectivity index (χ1v) is 11.6. The van der Waals surface area contributed by atoms with Crippen molar-refractivity contribution >= 4 is 45.7 Å². The van der Waals surface area contributed by atoms with Gasteiger partial charge in [0.2, 0.25) is 5.91 Å². The highest BCUT2D eigenvalue weighted by molar-refractivity contribution is 9.10. The highest BCUT2D eigenvalue weighted by atomic mass is 79.9. The minimum atomic E-state index is -0.281. The minimum Gasteiger partial charge on any atom is -0.322 e. The molecule has 1 fully saturated rings. The van der Waals surface area contributed by atoms with E-state index >= 15 is 0 Å². The fourth-order valence-corrected chi connectivity index (χ4v) is 4.71. The molecule has 7 heteroatoms. The van der Waals surface area contributed by atoms with Crippen LogP contribution in [-0.2, 0) is 11.3 Å². The fraction of sp³-hybridized carbons (Fsp3) is 0.125. The molecule has 156 valence electrons. The van der Waals surface area contributed by atoms with Gasteiger partial charge in [-0.3, -0.25) is 9.59 Å². The summed E-state index contributed by atoms with van der Waals surface area (Å²) in [6.07, 6.45) is 1.60. The molecular formula is C24H20BrN3O2S. The number of hydrazone groups is 1. The maximum atomic E-state index is 12.4. The van der Waals surface area contributed by atoms with Crippen molar-refractivity contribution < 1.29 is 9.59 Å². The summed E-state index contributed by atoms with van der Waals surface area (Å²) in [6.45, 7) is 0.574. The summed E-state index contributed by atoms with van der Waals surface area (Å²) in [7, 11) is 0. The number of carbonyl (C=O) groups is 2. The number of hydrogen-bond acceptors (Lipinski definition) is 4. The third kappa shape index (κ3) is 5.42. The summed E-state index contributed by atoms with van der Waals surface area (Å²) in [5.74, 6) is 0.309. The van der Waals surface area contributed by atoms with Crippen molar-refractivity contribution in [3.63, 3.8) is 0 Å². The summed E-state index contributed by atoms with van der Waals surface area (Å²) in [4.78, 5) is 26.7. The van der Waals surface area contributed by atoms with Crippen molar-refractivity contribution in [3.8, 4) is 0 Å². The van der Waals surface area contributed by atoms with Gasteiger partial charge in [-0.1, -0.05) is 70.5 Å². The smallest absolute Gasteiger partial charge is 0.271 e. The Morgan fingerprint density at radius 3 is 2.48 bits per heavy atom. The number of benzene rings is 3. The number of rotatable bonds is 6. The van der Waals surface area contributed by atoms with Crippen molar-refractivity contribution in [2.24, 2.45) is 5.10 Å². The zero-order chi connectivity index (χ0) is 21.6. The highest BCUT2D eigenvalue weighted by Crippen LogP contribution is 2.39. The molecule has 5 nitrogen and oxygen atoms in total. The van der Waals surface area contributed by atoms with Gasteiger partial charge in [0.15, 0.2) is 0 Å². The van der Waals surface area contributed by atoms with E-state index in [1.165, 1.54) is 0 Å². The molecule has 3 aromatic rings. The lowest BCUT2D eigenvalue weighted by Crippen LogP contribution is -2.27. The summed E-state index contributed by atoms with van der Waals surface area (Å²) >= 11 is 4.99. The van der Waals surface area contributed by atoms with Gasteiger partial charge < -0.3 is 4.90 Å². The highest BCUT2D eigenvalue weighted by Gasteiger charge is 2.32. The molecular weight excluding hydrogens is 474 g/mol. The van der Waals surface area contributed by atoms with Crippen molar-refractivity contribution in [2.45, 2.75) is 11.9 Å². The number of amides is 2.